The maximum atomic E-state index is 15.0. The van der Waals surface area contributed by atoms with E-state index < -0.39 is 68.2 Å². The number of nitrogens with one attached hydrogen (secondary N) is 2. The second-order valence-electron chi connectivity index (χ2n) is 11.7. The van der Waals surface area contributed by atoms with Gasteiger partial charge in [-0.1, -0.05) is 31.6 Å². The van der Waals surface area contributed by atoms with Gasteiger partial charge in [0.1, 0.15) is 16.5 Å². The molecule has 0 radical (unpaired) electrons. The Morgan fingerprint density at radius 2 is 1.52 bits per heavy atom. The Kier molecular flexibility index (Phi) is 8.27. The third-order valence-electron chi connectivity index (χ3n) is 8.68. The van der Waals surface area contributed by atoms with E-state index in [0.717, 1.165) is 18.2 Å². The van der Waals surface area contributed by atoms with Crippen LogP contribution in [-0.4, -0.2) is 44.1 Å². The molecule has 2 amide bonds. The van der Waals surface area contributed by atoms with Crippen LogP contribution in [0.5, 0.6) is 11.5 Å². The molecule has 252 valence electrons. The molecule has 5 rings (SSSR count). The van der Waals surface area contributed by atoms with Crippen LogP contribution < -0.4 is 20.1 Å². The highest BCUT2D eigenvalue weighted by molar-refractivity contribution is 8.45. The fraction of sp³-hybridized carbons (Fsp3) is 0.433. The fourth-order valence-electron chi connectivity index (χ4n) is 6.44. The number of benzene rings is 2. The molecule has 3 aliphatic rings. The molecule has 2 saturated carbocycles. The Labute approximate surface area is 259 Å². The number of fused-ring (bicyclic) bond motifs is 2. The first-order chi connectivity index (χ1) is 21.4. The van der Waals surface area contributed by atoms with Crippen LogP contribution in [0.4, 0.5) is 33.9 Å². The van der Waals surface area contributed by atoms with Gasteiger partial charge in [-0.15, -0.1) is 0 Å². The van der Waals surface area contributed by atoms with E-state index >= 15 is 0 Å². The van der Waals surface area contributed by atoms with Gasteiger partial charge in [0.05, 0.1) is 37.7 Å². The van der Waals surface area contributed by atoms with E-state index in [1.54, 1.807) is 12.2 Å². The van der Waals surface area contributed by atoms with E-state index in [4.69, 9.17) is 14.2 Å². The molecular weight excluding hydrogens is 649 g/mol. The summed E-state index contributed by atoms with van der Waals surface area (Å²) in [5.74, 6) is -7.43. The van der Waals surface area contributed by atoms with Gasteiger partial charge in [-0.2, -0.15) is 0 Å². The Balaban J connectivity index is 1.33. The lowest BCUT2D eigenvalue weighted by molar-refractivity contribution is -0.147. The zero-order valence-corrected chi connectivity index (χ0v) is 25.4. The van der Waals surface area contributed by atoms with E-state index in [9.17, 15) is 42.6 Å². The standard InChI is InChI=1S/C30H31F7N2O6S/c1-43-23-14-22(32)24(45-19-8-5-15(6-9-19)30(42)44-2)13-20(23)28(40)39-27-17-4-3-16(11-17)26(27)29(41)38-18-7-10-21(31)25(12-18)46(33,34,35,36)37/h3-4,7,10,12-17,19,26-27H,5-6,8-9,11H2,1-2H3,(H,38,41)(H,39,40). The number of rotatable bonds is 9. The minimum absolute atomic E-state index is 0.118. The predicted molar refractivity (Wildman–Crippen MR) is 153 cm³/mol. The van der Waals surface area contributed by atoms with E-state index in [0.29, 0.717) is 32.1 Å². The number of anilines is 1. The summed E-state index contributed by atoms with van der Waals surface area (Å²) >= 11 is 0. The van der Waals surface area contributed by atoms with Crippen molar-refractivity contribution < 1.29 is 56.8 Å². The van der Waals surface area contributed by atoms with E-state index in [-0.39, 0.29) is 47.0 Å². The first kappa shape index (κ1) is 33.4. The van der Waals surface area contributed by atoms with Crippen molar-refractivity contribution in [2.75, 3.05) is 19.5 Å². The topological polar surface area (TPSA) is 103 Å². The monoisotopic (exact) mass is 680 g/mol. The molecule has 3 aliphatic carbocycles. The SMILES string of the molecule is COC(=O)C1CCC(Oc2cc(C(=O)NC3C4C=CC(C4)C3C(=O)Nc3ccc(F)c(S(F)(F)(F)(F)F)c3)c(OC)cc2F)CC1. The van der Waals surface area contributed by atoms with Crippen LogP contribution in [0.2, 0.25) is 0 Å². The van der Waals surface area contributed by atoms with Gasteiger partial charge in [0.2, 0.25) is 5.91 Å². The lowest BCUT2D eigenvalue weighted by atomic mass is 9.87. The minimum atomic E-state index is -10.4. The summed E-state index contributed by atoms with van der Waals surface area (Å²) in [7, 11) is -7.88. The Bertz CT molecular complexity index is 1600. The molecule has 2 bridgehead atoms. The van der Waals surface area contributed by atoms with Gasteiger partial charge in [-0.25, -0.2) is 8.78 Å². The van der Waals surface area contributed by atoms with Gasteiger partial charge in [0, 0.05) is 17.8 Å². The van der Waals surface area contributed by atoms with Crippen LogP contribution >= 0.6 is 10.2 Å². The summed E-state index contributed by atoms with van der Waals surface area (Å²) < 4.78 is 111. The molecule has 0 heterocycles. The van der Waals surface area contributed by atoms with Gasteiger partial charge < -0.3 is 24.8 Å². The maximum absolute atomic E-state index is 15.0. The molecule has 2 aromatic rings. The normalized spacial score (nSPS) is 26.9. The molecule has 8 nitrogen and oxygen atoms in total. The zero-order valence-electron chi connectivity index (χ0n) is 24.5. The van der Waals surface area contributed by atoms with Crippen LogP contribution in [0.3, 0.4) is 0 Å². The highest BCUT2D eigenvalue weighted by Crippen LogP contribution is 3.02. The second kappa shape index (κ2) is 11.4. The molecular formula is C30H31F7N2O6S. The molecule has 0 saturated heterocycles. The first-order valence-corrected chi connectivity index (χ1v) is 16.3. The van der Waals surface area contributed by atoms with Crippen molar-refractivity contribution in [3.05, 3.63) is 59.7 Å². The molecule has 16 heteroatoms. The molecule has 0 aromatic heterocycles. The molecule has 0 spiro atoms. The summed E-state index contributed by atoms with van der Waals surface area (Å²) in [6.45, 7) is 0. The van der Waals surface area contributed by atoms with Crippen molar-refractivity contribution in [2.24, 2.45) is 23.7 Å². The Hall–Kier alpha value is -3.95. The second-order valence-corrected chi connectivity index (χ2v) is 14.1. The van der Waals surface area contributed by atoms with Crippen molar-refractivity contribution in [1.82, 2.24) is 5.32 Å². The lowest BCUT2D eigenvalue weighted by Crippen LogP contribution is -2.47. The van der Waals surface area contributed by atoms with Gasteiger partial charge in [0.25, 0.3) is 5.91 Å². The predicted octanol–water partition coefficient (Wildman–Crippen LogP) is 7.30. The van der Waals surface area contributed by atoms with Crippen molar-refractivity contribution in [3.63, 3.8) is 0 Å². The highest BCUT2D eigenvalue weighted by atomic mass is 32.5. The molecule has 4 unspecified atom stereocenters. The Morgan fingerprint density at radius 3 is 2.15 bits per heavy atom. The summed E-state index contributed by atoms with van der Waals surface area (Å²) in [4.78, 5) is 35.9. The summed E-state index contributed by atoms with van der Waals surface area (Å²) in [5.41, 5.74) is -0.818. The summed E-state index contributed by atoms with van der Waals surface area (Å²) in [6.07, 6.45) is 5.29. The van der Waals surface area contributed by atoms with Crippen LogP contribution in [0.15, 0.2) is 47.4 Å². The van der Waals surface area contributed by atoms with Gasteiger partial charge in [-0.3, -0.25) is 14.4 Å². The minimum Gasteiger partial charge on any atom is -0.496 e. The summed E-state index contributed by atoms with van der Waals surface area (Å²) in [6, 6.07) is 2.01. The van der Waals surface area contributed by atoms with Gasteiger partial charge in [0.15, 0.2) is 11.6 Å². The number of methoxy groups -OCH3 is 2. The first-order valence-electron chi connectivity index (χ1n) is 14.3. The van der Waals surface area contributed by atoms with Crippen LogP contribution in [0.25, 0.3) is 0 Å². The fourth-order valence-corrected chi connectivity index (χ4v) is 7.23. The van der Waals surface area contributed by atoms with Crippen LogP contribution in [0.1, 0.15) is 42.5 Å². The zero-order chi connectivity index (χ0) is 33.7. The van der Waals surface area contributed by atoms with Crippen LogP contribution in [0, 0.1) is 35.3 Å². The molecule has 46 heavy (non-hydrogen) atoms. The largest absolute Gasteiger partial charge is 0.496 e. The molecule has 2 fully saturated rings. The van der Waals surface area contributed by atoms with E-state index in [1.807, 2.05) is 0 Å². The average molecular weight is 681 g/mol. The van der Waals surface area contributed by atoms with Crippen molar-refractivity contribution in [1.29, 1.82) is 0 Å². The number of allylic oxidation sites excluding steroid dienone is 1. The average Bonchev–Trinajstić information content (AvgIpc) is 3.59. The lowest BCUT2D eigenvalue weighted by Gasteiger charge is -2.40. The maximum Gasteiger partial charge on any atom is 0.313 e. The Morgan fingerprint density at radius 1 is 0.848 bits per heavy atom. The van der Waals surface area contributed by atoms with Crippen molar-refractivity contribution in [2.45, 2.75) is 49.1 Å². The smallest absolute Gasteiger partial charge is 0.313 e. The van der Waals surface area contributed by atoms with Crippen LogP contribution in [-0.2, 0) is 14.3 Å². The number of hydrogen-bond acceptors (Lipinski definition) is 6. The molecule has 0 aliphatic heterocycles. The number of hydrogen-bond donors (Lipinski definition) is 2. The number of esters is 1. The quantitative estimate of drug-likeness (QED) is 0.164. The van der Waals surface area contributed by atoms with E-state index in [2.05, 4.69) is 10.6 Å². The number of carbonyl (C=O) groups is 3. The number of carbonyl (C=O) groups excluding carboxylic acids is 3. The number of ether oxygens (including phenoxy) is 3. The molecule has 2 N–H and O–H groups in total. The van der Waals surface area contributed by atoms with Gasteiger partial charge >= 0.3 is 16.2 Å². The summed E-state index contributed by atoms with van der Waals surface area (Å²) in [5, 5.41) is 4.89. The highest BCUT2D eigenvalue weighted by Gasteiger charge is 2.67. The number of halogens is 7. The van der Waals surface area contributed by atoms with Crippen molar-refractivity contribution in [3.8, 4) is 11.5 Å². The number of amides is 2. The van der Waals surface area contributed by atoms with Gasteiger partial charge in [-0.05, 0) is 68.2 Å². The molecule has 2 aromatic carbocycles. The van der Waals surface area contributed by atoms with E-state index in [1.165, 1.54) is 14.2 Å². The third kappa shape index (κ3) is 6.90. The molecule has 4 atom stereocenters. The third-order valence-corrected chi connectivity index (χ3v) is 9.82. The van der Waals surface area contributed by atoms with Crippen molar-refractivity contribution >= 4 is 33.7 Å².